The van der Waals surface area contributed by atoms with Gasteiger partial charge in [0.05, 0.1) is 11.0 Å². The van der Waals surface area contributed by atoms with Gasteiger partial charge >= 0.3 is 0 Å². The van der Waals surface area contributed by atoms with E-state index in [1.807, 2.05) is 0 Å². The number of para-hydroxylation sites is 1. The summed E-state index contributed by atoms with van der Waals surface area (Å²) in [5.41, 5.74) is 13.5. The third-order valence-corrected chi connectivity index (χ3v) is 13.0. The second kappa shape index (κ2) is 13.3. The van der Waals surface area contributed by atoms with Crippen molar-refractivity contribution in [3.8, 4) is 50.2 Å². The van der Waals surface area contributed by atoms with Crippen LogP contribution < -0.4 is 0 Å². The molecule has 0 fully saturated rings. The Kier molecular flexibility index (Phi) is 7.37. The van der Waals surface area contributed by atoms with E-state index in [0.717, 1.165) is 5.69 Å². The van der Waals surface area contributed by atoms with E-state index < -0.39 is 0 Å². The fourth-order valence-corrected chi connectivity index (χ4v) is 10.3. The Labute approximate surface area is 353 Å². The first-order chi connectivity index (χ1) is 30.2. The molecule has 0 spiro atoms. The summed E-state index contributed by atoms with van der Waals surface area (Å²) in [4.78, 5) is 0. The Morgan fingerprint density at radius 3 is 0.967 bits per heavy atom. The molecule has 0 saturated heterocycles. The minimum Gasteiger partial charge on any atom is -0.309 e. The van der Waals surface area contributed by atoms with Crippen LogP contribution in [0.1, 0.15) is 0 Å². The van der Waals surface area contributed by atoms with Crippen molar-refractivity contribution in [3.05, 3.63) is 224 Å². The molecule has 282 valence electrons. The third-order valence-electron chi connectivity index (χ3n) is 13.0. The van der Waals surface area contributed by atoms with Crippen LogP contribution in [-0.2, 0) is 0 Å². The Morgan fingerprint density at radius 2 is 0.574 bits per heavy atom. The predicted octanol–water partition coefficient (Wildman–Crippen LogP) is 16.7. The van der Waals surface area contributed by atoms with Crippen LogP contribution in [0.2, 0.25) is 0 Å². The SMILES string of the molecule is c1ccc(-n2c3cc(-c4ccc(-c5c6ccccc6cc6ccccc56)cc4)cc4ccc5cc(-c6ccc(-c7c8ccccc8cc8ccccc78)cc6)cc2c5c43)cc1. The molecule has 1 aromatic heterocycles. The average Bonchev–Trinajstić information content (AvgIpc) is 3.66. The van der Waals surface area contributed by atoms with E-state index in [1.165, 1.54) is 120 Å². The molecule has 0 aliphatic carbocycles. The maximum Gasteiger partial charge on any atom is 0.0553 e. The quantitative estimate of drug-likeness (QED) is 0.121. The fraction of sp³-hybridized carbons (Fsp3) is 0. The molecule has 0 unspecified atom stereocenters. The molecule has 0 amide bonds. The van der Waals surface area contributed by atoms with Crippen molar-refractivity contribution in [2.75, 3.05) is 0 Å². The first-order valence-electron chi connectivity index (χ1n) is 21.2. The molecule has 61 heavy (non-hydrogen) atoms. The fourth-order valence-electron chi connectivity index (χ4n) is 10.3. The van der Waals surface area contributed by atoms with Gasteiger partial charge in [-0.25, -0.2) is 0 Å². The van der Waals surface area contributed by atoms with Crippen LogP contribution in [0.4, 0.5) is 0 Å². The Morgan fingerprint density at radius 1 is 0.230 bits per heavy atom. The molecule has 0 aliphatic heterocycles. The number of hydrogen-bond donors (Lipinski definition) is 0. The van der Waals surface area contributed by atoms with Crippen LogP contribution in [0, 0.1) is 0 Å². The van der Waals surface area contributed by atoms with Crippen molar-refractivity contribution in [1.82, 2.24) is 4.57 Å². The molecule has 0 radical (unpaired) electrons. The van der Waals surface area contributed by atoms with E-state index in [9.17, 15) is 0 Å². The molecule has 13 aromatic rings. The Hall–Kier alpha value is -8.00. The minimum atomic E-state index is 1.16. The highest BCUT2D eigenvalue weighted by molar-refractivity contribution is 6.26. The van der Waals surface area contributed by atoms with Gasteiger partial charge in [0, 0.05) is 16.5 Å². The molecule has 0 N–H and O–H groups in total. The monoisotopic (exact) mass is 771 g/mol. The number of rotatable bonds is 5. The van der Waals surface area contributed by atoms with Crippen molar-refractivity contribution < 1.29 is 0 Å². The summed E-state index contributed by atoms with van der Waals surface area (Å²) in [6, 6.07) is 83.1. The maximum absolute atomic E-state index is 2.48. The van der Waals surface area contributed by atoms with Crippen LogP contribution in [0.25, 0.3) is 126 Å². The second-order valence-corrected chi connectivity index (χ2v) is 16.5. The van der Waals surface area contributed by atoms with Crippen LogP contribution in [0.5, 0.6) is 0 Å². The van der Waals surface area contributed by atoms with E-state index in [0.29, 0.717) is 0 Å². The van der Waals surface area contributed by atoms with Crippen molar-refractivity contribution in [3.63, 3.8) is 0 Å². The zero-order valence-corrected chi connectivity index (χ0v) is 33.3. The average molecular weight is 772 g/mol. The molecule has 0 saturated carbocycles. The van der Waals surface area contributed by atoms with Gasteiger partial charge in [-0.2, -0.15) is 0 Å². The van der Waals surface area contributed by atoms with Crippen LogP contribution in [0.3, 0.4) is 0 Å². The van der Waals surface area contributed by atoms with Crippen molar-refractivity contribution in [2.24, 2.45) is 0 Å². The van der Waals surface area contributed by atoms with E-state index in [-0.39, 0.29) is 0 Å². The lowest BCUT2D eigenvalue weighted by Crippen LogP contribution is -1.94. The smallest absolute Gasteiger partial charge is 0.0553 e. The first-order valence-corrected chi connectivity index (χ1v) is 21.2. The minimum absolute atomic E-state index is 1.16. The van der Waals surface area contributed by atoms with Gasteiger partial charge in [-0.3, -0.25) is 0 Å². The third kappa shape index (κ3) is 5.27. The van der Waals surface area contributed by atoms with Crippen molar-refractivity contribution in [1.29, 1.82) is 0 Å². The molecule has 1 heterocycles. The Bertz CT molecular complexity index is 3490. The summed E-state index contributed by atoms with van der Waals surface area (Å²) < 4.78 is 2.48. The summed E-state index contributed by atoms with van der Waals surface area (Å²) in [7, 11) is 0. The lowest BCUT2D eigenvalue weighted by molar-refractivity contribution is 1.18. The standard InChI is InChI=1S/C60H37N/c1-2-16-50(17-3-1)61-55-36-48(38-22-26-40(27-23-38)57-51-18-8-4-12-42(51)32-43-13-5-9-19-52(43)57)34-46-30-31-47-35-49(37-56(61)60(47)59(46)55)39-24-28-41(29-25-39)58-53-20-10-6-14-44(53)33-45-15-7-11-21-54(45)58/h1-37H. The lowest BCUT2D eigenvalue weighted by atomic mass is 9.90. The van der Waals surface area contributed by atoms with Gasteiger partial charge < -0.3 is 4.57 Å². The van der Waals surface area contributed by atoms with Crippen molar-refractivity contribution in [2.45, 2.75) is 0 Å². The van der Waals surface area contributed by atoms with Crippen LogP contribution in [0.15, 0.2) is 224 Å². The van der Waals surface area contributed by atoms with E-state index in [4.69, 9.17) is 0 Å². The number of fused-ring (bicyclic) bond motifs is 4. The topological polar surface area (TPSA) is 4.93 Å². The number of aromatic nitrogens is 1. The molecule has 0 atom stereocenters. The molecular weight excluding hydrogens is 735 g/mol. The van der Waals surface area contributed by atoms with Gasteiger partial charge in [0.25, 0.3) is 0 Å². The maximum atomic E-state index is 2.48. The van der Waals surface area contributed by atoms with E-state index >= 15 is 0 Å². The summed E-state index contributed by atoms with van der Waals surface area (Å²) in [5.74, 6) is 0. The zero-order chi connectivity index (χ0) is 40.0. The number of hydrogen-bond acceptors (Lipinski definition) is 0. The highest BCUT2D eigenvalue weighted by atomic mass is 15.0. The predicted molar refractivity (Wildman–Crippen MR) is 261 cm³/mol. The van der Waals surface area contributed by atoms with E-state index in [2.05, 4.69) is 229 Å². The summed E-state index contributed by atoms with van der Waals surface area (Å²) in [6.07, 6.45) is 0. The number of nitrogens with zero attached hydrogens (tertiary/aromatic N) is 1. The zero-order valence-electron chi connectivity index (χ0n) is 33.3. The lowest BCUT2D eigenvalue weighted by Gasteiger charge is -2.13. The first kappa shape index (κ1) is 33.9. The molecule has 1 nitrogen and oxygen atoms in total. The molecule has 1 heteroatoms. The largest absolute Gasteiger partial charge is 0.309 e. The Balaban J connectivity index is 0.958. The van der Waals surface area contributed by atoms with Crippen molar-refractivity contribution >= 4 is 75.7 Å². The van der Waals surface area contributed by atoms with Gasteiger partial charge in [0.1, 0.15) is 0 Å². The van der Waals surface area contributed by atoms with Crippen LogP contribution >= 0.6 is 0 Å². The van der Waals surface area contributed by atoms with E-state index in [1.54, 1.807) is 0 Å². The van der Waals surface area contributed by atoms with Gasteiger partial charge in [-0.05, 0) is 147 Å². The molecule has 12 aromatic carbocycles. The summed E-state index contributed by atoms with van der Waals surface area (Å²) in [5, 5.41) is 15.3. The van der Waals surface area contributed by atoms with Crippen LogP contribution in [-0.4, -0.2) is 4.57 Å². The normalized spacial score (nSPS) is 11.9. The molecule has 0 aliphatic rings. The molecular formula is C60H37N. The van der Waals surface area contributed by atoms with Gasteiger partial charge in [-0.15, -0.1) is 0 Å². The summed E-state index contributed by atoms with van der Waals surface area (Å²) >= 11 is 0. The molecule has 0 bridgehead atoms. The molecule has 13 rings (SSSR count). The van der Waals surface area contributed by atoms with Gasteiger partial charge in [0.15, 0.2) is 0 Å². The number of benzene rings is 12. The highest BCUT2D eigenvalue weighted by Gasteiger charge is 2.20. The highest BCUT2D eigenvalue weighted by Crippen LogP contribution is 2.45. The van der Waals surface area contributed by atoms with Gasteiger partial charge in [0.2, 0.25) is 0 Å². The van der Waals surface area contributed by atoms with Gasteiger partial charge in [-0.1, -0.05) is 176 Å². The second-order valence-electron chi connectivity index (χ2n) is 16.5. The summed E-state index contributed by atoms with van der Waals surface area (Å²) in [6.45, 7) is 0.